The van der Waals surface area contributed by atoms with Crippen LogP contribution in [0.1, 0.15) is 36.5 Å². The first-order valence-electron chi connectivity index (χ1n) is 6.19. The van der Waals surface area contributed by atoms with Gasteiger partial charge in [0.25, 0.3) is 5.91 Å². The van der Waals surface area contributed by atoms with Crippen molar-refractivity contribution in [3.63, 3.8) is 0 Å². The van der Waals surface area contributed by atoms with Gasteiger partial charge in [0.2, 0.25) is 0 Å². The van der Waals surface area contributed by atoms with Gasteiger partial charge in [-0.25, -0.2) is 4.98 Å². The number of hydrogen-bond acceptors (Lipinski definition) is 3. The van der Waals surface area contributed by atoms with Crippen LogP contribution in [0, 0.1) is 0 Å². The van der Waals surface area contributed by atoms with Crippen molar-refractivity contribution < 1.29 is 4.79 Å². The maximum atomic E-state index is 12.2. The van der Waals surface area contributed by atoms with Gasteiger partial charge in [-0.05, 0) is 12.5 Å². The third-order valence-corrected chi connectivity index (χ3v) is 3.09. The Morgan fingerprint density at radius 3 is 2.83 bits per heavy atom. The van der Waals surface area contributed by atoms with Crippen molar-refractivity contribution in [3.05, 3.63) is 22.8 Å². The molecule has 0 unspecified atom stereocenters. The first kappa shape index (κ1) is 14.8. The highest BCUT2D eigenvalue weighted by molar-refractivity contribution is 6.33. The van der Waals surface area contributed by atoms with Crippen LogP contribution >= 0.6 is 11.6 Å². The van der Waals surface area contributed by atoms with Gasteiger partial charge in [-0.15, -0.1) is 0 Å². The Morgan fingerprint density at radius 2 is 2.22 bits per heavy atom. The van der Waals surface area contributed by atoms with Crippen molar-refractivity contribution in [2.45, 2.75) is 26.2 Å². The summed E-state index contributed by atoms with van der Waals surface area (Å²) in [6, 6.07) is 1.68. The molecule has 1 heterocycles. The number of nitrogens with zero attached hydrogens (tertiary/aromatic N) is 2. The average Bonchev–Trinajstić information content (AvgIpc) is 2.38. The Kier molecular flexibility index (Phi) is 5.92. The third kappa shape index (κ3) is 3.88. The summed E-state index contributed by atoms with van der Waals surface area (Å²) >= 11 is 6.02. The molecule has 0 radical (unpaired) electrons. The molecule has 0 aliphatic carbocycles. The van der Waals surface area contributed by atoms with E-state index in [1.807, 2.05) is 0 Å². The predicted octanol–water partition coefficient (Wildman–Crippen LogP) is 3.04. The molecule has 0 aromatic carbocycles. The zero-order chi connectivity index (χ0) is 13.5. The Hall–Kier alpha value is -1.29. The molecule has 1 N–H and O–H groups in total. The SMILES string of the molecule is CCCCCN(C)C(=O)c1cc(NC)ncc1Cl. The molecule has 4 nitrogen and oxygen atoms in total. The highest BCUT2D eigenvalue weighted by Crippen LogP contribution is 2.19. The Bertz CT molecular complexity index is 409. The summed E-state index contributed by atoms with van der Waals surface area (Å²) in [6.45, 7) is 2.89. The largest absolute Gasteiger partial charge is 0.373 e. The smallest absolute Gasteiger partial charge is 0.255 e. The molecule has 0 bridgehead atoms. The van der Waals surface area contributed by atoms with E-state index in [9.17, 15) is 4.79 Å². The quantitative estimate of drug-likeness (QED) is 0.808. The molecule has 18 heavy (non-hydrogen) atoms. The number of aromatic nitrogens is 1. The molecule has 1 amide bonds. The van der Waals surface area contributed by atoms with E-state index in [1.54, 1.807) is 25.1 Å². The lowest BCUT2D eigenvalue weighted by atomic mass is 10.2. The van der Waals surface area contributed by atoms with Crippen molar-refractivity contribution in [2.75, 3.05) is 26.0 Å². The molecule has 0 saturated carbocycles. The minimum absolute atomic E-state index is 0.0602. The first-order valence-corrected chi connectivity index (χ1v) is 6.56. The summed E-state index contributed by atoms with van der Waals surface area (Å²) in [6.07, 6.45) is 4.78. The Labute approximate surface area is 113 Å². The molecule has 0 spiro atoms. The normalized spacial score (nSPS) is 10.2. The number of nitrogens with one attached hydrogen (secondary N) is 1. The van der Waals surface area contributed by atoms with E-state index < -0.39 is 0 Å². The van der Waals surface area contributed by atoms with Crippen molar-refractivity contribution in [1.82, 2.24) is 9.88 Å². The van der Waals surface area contributed by atoms with E-state index in [0.29, 0.717) is 16.4 Å². The summed E-state index contributed by atoms with van der Waals surface area (Å²) < 4.78 is 0. The maximum absolute atomic E-state index is 12.2. The van der Waals surface area contributed by atoms with Crippen LogP contribution in [-0.4, -0.2) is 36.4 Å². The summed E-state index contributed by atoms with van der Waals surface area (Å²) in [7, 11) is 3.56. The van der Waals surface area contributed by atoms with E-state index in [-0.39, 0.29) is 5.91 Å². The lowest BCUT2D eigenvalue weighted by molar-refractivity contribution is 0.0793. The summed E-state index contributed by atoms with van der Waals surface area (Å²) in [5, 5.41) is 3.29. The van der Waals surface area contributed by atoms with Crippen molar-refractivity contribution >= 4 is 23.3 Å². The second-order valence-corrected chi connectivity index (χ2v) is 4.64. The van der Waals surface area contributed by atoms with Gasteiger partial charge in [-0.3, -0.25) is 4.79 Å². The van der Waals surface area contributed by atoms with Crippen LogP contribution in [-0.2, 0) is 0 Å². The predicted molar refractivity (Wildman–Crippen MR) is 75.3 cm³/mol. The van der Waals surface area contributed by atoms with Gasteiger partial charge in [-0.1, -0.05) is 31.4 Å². The monoisotopic (exact) mass is 269 g/mol. The number of carbonyl (C=O) groups is 1. The van der Waals surface area contributed by atoms with E-state index in [4.69, 9.17) is 11.6 Å². The second-order valence-electron chi connectivity index (χ2n) is 4.23. The second kappa shape index (κ2) is 7.21. The molecule has 1 aromatic rings. The summed E-state index contributed by atoms with van der Waals surface area (Å²) in [5.41, 5.74) is 0.495. The minimum Gasteiger partial charge on any atom is -0.373 e. The van der Waals surface area contributed by atoms with Gasteiger partial charge >= 0.3 is 0 Å². The molecular weight excluding hydrogens is 250 g/mol. The van der Waals surface area contributed by atoms with Gasteiger partial charge < -0.3 is 10.2 Å². The van der Waals surface area contributed by atoms with Crippen LogP contribution in [0.4, 0.5) is 5.82 Å². The number of hydrogen-bond donors (Lipinski definition) is 1. The summed E-state index contributed by atoms with van der Waals surface area (Å²) in [4.78, 5) is 18.0. The highest BCUT2D eigenvalue weighted by atomic mass is 35.5. The van der Waals surface area contributed by atoms with Crippen LogP contribution in [0.5, 0.6) is 0 Å². The van der Waals surface area contributed by atoms with Crippen LogP contribution in [0.25, 0.3) is 0 Å². The molecule has 100 valence electrons. The molecule has 0 fully saturated rings. The highest BCUT2D eigenvalue weighted by Gasteiger charge is 2.15. The van der Waals surface area contributed by atoms with Gasteiger partial charge in [0, 0.05) is 26.8 Å². The zero-order valence-electron chi connectivity index (χ0n) is 11.2. The van der Waals surface area contributed by atoms with Gasteiger partial charge in [0.1, 0.15) is 5.82 Å². The number of amides is 1. The topological polar surface area (TPSA) is 45.2 Å². The third-order valence-electron chi connectivity index (χ3n) is 2.79. The number of rotatable bonds is 6. The number of pyridine rings is 1. The first-order chi connectivity index (χ1) is 8.60. The Balaban J connectivity index is 2.76. The number of anilines is 1. The van der Waals surface area contributed by atoms with Crippen LogP contribution in [0.15, 0.2) is 12.3 Å². The van der Waals surface area contributed by atoms with Gasteiger partial charge in [0.05, 0.1) is 10.6 Å². The molecule has 5 heteroatoms. The number of carbonyl (C=O) groups excluding carboxylic acids is 1. The van der Waals surface area contributed by atoms with Gasteiger partial charge in [0.15, 0.2) is 0 Å². The minimum atomic E-state index is -0.0602. The summed E-state index contributed by atoms with van der Waals surface area (Å²) in [5.74, 6) is 0.583. The zero-order valence-corrected chi connectivity index (χ0v) is 11.9. The van der Waals surface area contributed by atoms with Crippen LogP contribution in [0.3, 0.4) is 0 Å². The molecule has 0 aliphatic heterocycles. The lowest BCUT2D eigenvalue weighted by Crippen LogP contribution is -2.28. The van der Waals surface area contributed by atoms with Crippen LogP contribution < -0.4 is 5.32 Å². The molecule has 1 aromatic heterocycles. The fraction of sp³-hybridized carbons (Fsp3) is 0.538. The molecule has 0 atom stereocenters. The van der Waals surface area contributed by atoms with E-state index in [2.05, 4.69) is 17.2 Å². The standard InChI is InChI=1S/C13H20ClN3O/c1-4-5-6-7-17(3)13(18)10-8-12(15-2)16-9-11(10)14/h8-9H,4-7H2,1-3H3,(H,15,16). The van der Waals surface area contributed by atoms with Crippen molar-refractivity contribution in [2.24, 2.45) is 0 Å². The number of halogens is 1. The lowest BCUT2D eigenvalue weighted by Gasteiger charge is -2.18. The maximum Gasteiger partial charge on any atom is 0.255 e. The molecule has 1 rings (SSSR count). The van der Waals surface area contributed by atoms with Crippen molar-refractivity contribution in [1.29, 1.82) is 0 Å². The fourth-order valence-corrected chi connectivity index (χ4v) is 1.83. The average molecular weight is 270 g/mol. The van der Waals surface area contributed by atoms with E-state index in [0.717, 1.165) is 25.8 Å². The number of unbranched alkanes of at least 4 members (excludes halogenated alkanes) is 2. The van der Waals surface area contributed by atoms with Crippen molar-refractivity contribution in [3.8, 4) is 0 Å². The molecule has 0 saturated heterocycles. The Morgan fingerprint density at radius 1 is 1.50 bits per heavy atom. The van der Waals surface area contributed by atoms with Gasteiger partial charge in [-0.2, -0.15) is 0 Å². The van der Waals surface area contributed by atoms with E-state index >= 15 is 0 Å². The fourth-order valence-electron chi connectivity index (χ4n) is 1.65. The van der Waals surface area contributed by atoms with Crippen LogP contribution in [0.2, 0.25) is 5.02 Å². The molecular formula is C13H20ClN3O. The van der Waals surface area contributed by atoms with E-state index in [1.165, 1.54) is 6.20 Å². The molecule has 0 aliphatic rings.